The zero-order chi connectivity index (χ0) is 42.0. The van der Waals surface area contributed by atoms with Crippen molar-refractivity contribution in [3.8, 4) is 29.6 Å². The lowest BCUT2D eigenvalue weighted by molar-refractivity contribution is -0.167. The zero-order valence-electron chi connectivity index (χ0n) is 33.9. The summed E-state index contributed by atoms with van der Waals surface area (Å²) in [5.41, 5.74) is 0.582. The number of rotatable bonds is 5. The number of methoxy groups -OCH3 is 1. The van der Waals surface area contributed by atoms with E-state index in [1.165, 1.54) is 6.07 Å². The van der Waals surface area contributed by atoms with Gasteiger partial charge in [0.2, 0.25) is 0 Å². The number of piperazine rings is 1. The fourth-order valence-corrected chi connectivity index (χ4v) is 8.53. The second-order valence-electron chi connectivity index (χ2n) is 15.8. The first kappa shape index (κ1) is 42.8. The van der Waals surface area contributed by atoms with Gasteiger partial charge in [0, 0.05) is 43.7 Å². The summed E-state index contributed by atoms with van der Waals surface area (Å²) in [4.78, 5) is 34.1. The number of benzene rings is 2. The molecule has 312 valence electrons. The summed E-state index contributed by atoms with van der Waals surface area (Å²) in [6.45, 7) is 12.3. The van der Waals surface area contributed by atoms with Gasteiger partial charge in [-0.05, 0) is 83.8 Å². The molecule has 10 nitrogen and oxygen atoms in total. The number of anilines is 1. The van der Waals surface area contributed by atoms with Gasteiger partial charge in [0.05, 0.1) is 22.2 Å². The van der Waals surface area contributed by atoms with E-state index in [0.29, 0.717) is 72.3 Å². The van der Waals surface area contributed by atoms with Gasteiger partial charge in [-0.3, -0.25) is 4.90 Å². The largest absolute Gasteiger partial charge is 0.461 e. The molecule has 0 bridgehead atoms. The molecule has 1 amide bonds. The van der Waals surface area contributed by atoms with Crippen molar-refractivity contribution in [1.29, 1.82) is 0 Å². The highest BCUT2D eigenvalue weighted by Gasteiger charge is 2.45. The fraction of sp³-hybridized carbons (Fsp3) is 0.535. The van der Waals surface area contributed by atoms with E-state index < -0.39 is 30.0 Å². The molecule has 1 atom stereocenters. The van der Waals surface area contributed by atoms with Gasteiger partial charge in [-0.25, -0.2) is 18.6 Å². The second kappa shape index (κ2) is 17.2. The van der Waals surface area contributed by atoms with Crippen LogP contribution in [-0.4, -0.2) is 107 Å². The topological polar surface area (TPSA) is 93.2 Å². The Morgan fingerprint density at radius 2 is 1.71 bits per heavy atom. The molecule has 58 heavy (non-hydrogen) atoms. The molecule has 4 aromatic rings. The van der Waals surface area contributed by atoms with Crippen molar-refractivity contribution in [2.75, 3.05) is 57.9 Å². The van der Waals surface area contributed by atoms with Gasteiger partial charge in [0.1, 0.15) is 41.7 Å². The van der Waals surface area contributed by atoms with E-state index in [2.05, 4.69) is 20.5 Å². The van der Waals surface area contributed by atoms with Gasteiger partial charge >= 0.3 is 18.3 Å². The minimum absolute atomic E-state index is 0.0532. The third kappa shape index (κ3) is 8.78. The van der Waals surface area contributed by atoms with E-state index >= 15 is 4.39 Å². The van der Waals surface area contributed by atoms with E-state index in [4.69, 9.17) is 30.8 Å². The van der Waals surface area contributed by atoms with Crippen molar-refractivity contribution in [2.45, 2.75) is 96.5 Å². The first-order chi connectivity index (χ1) is 27.6. The summed E-state index contributed by atoms with van der Waals surface area (Å²) in [6.07, 6.45) is 6.71. The Morgan fingerprint density at radius 3 is 2.34 bits per heavy atom. The number of halogens is 5. The van der Waals surface area contributed by atoms with Crippen LogP contribution in [0.4, 0.5) is 32.6 Å². The molecular weight excluding hydrogens is 760 g/mol. The number of fused-ring (bicyclic) bond motifs is 4. The Bertz CT molecular complexity index is 2180. The number of terminal acetylenes is 1. The van der Waals surface area contributed by atoms with Crippen LogP contribution >= 0.6 is 0 Å². The predicted octanol–water partition coefficient (Wildman–Crippen LogP) is 8.70. The van der Waals surface area contributed by atoms with Crippen molar-refractivity contribution in [3.63, 3.8) is 0 Å². The lowest BCUT2D eigenvalue weighted by Crippen LogP contribution is -2.55. The van der Waals surface area contributed by atoms with Gasteiger partial charge in [-0.2, -0.15) is 23.1 Å². The van der Waals surface area contributed by atoms with Gasteiger partial charge in [-0.15, -0.1) is 6.42 Å². The van der Waals surface area contributed by atoms with E-state index in [0.717, 1.165) is 45.9 Å². The van der Waals surface area contributed by atoms with Crippen LogP contribution in [0.2, 0.25) is 0 Å². The molecule has 0 saturated carbocycles. The molecule has 8 rings (SSSR count). The number of nitrogens with zero attached hydrogens (tertiary/aromatic N) is 6. The first-order valence-corrected chi connectivity index (χ1v) is 19.9. The maximum absolute atomic E-state index is 17.1. The van der Waals surface area contributed by atoms with Crippen LogP contribution in [0.15, 0.2) is 30.3 Å². The number of carbonyl (C=O) groups excluding carboxylic acids is 1. The van der Waals surface area contributed by atoms with Crippen molar-refractivity contribution >= 4 is 33.6 Å². The number of aryl methyl sites for hydroxylation is 1. The first-order valence-electron chi connectivity index (χ1n) is 19.9. The Hall–Kier alpha value is -4.81. The number of hydrogen-bond acceptors (Lipinski definition) is 9. The lowest BCUT2D eigenvalue weighted by atomic mass is 9.95. The van der Waals surface area contributed by atoms with Gasteiger partial charge < -0.3 is 24.0 Å². The summed E-state index contributed by atoms with van der Waals surface area (Å²) in [7, 11) is 1.01. The Morgan fingerprint density at radius 1 is 0.983 bits per heavy atom. The molecule has 0 aliphatic carbocycles. The van der Waals surface area contributed by atoms with Gasteiger partial charge in [0.25, 0.3) is 0 Å². The van der Waals surface area contributed by atoms with Crippen LogP contribution in [0, 0.1) is 24.0 Å². The Labute approximate surface area is 336 Å². The highest BCUT2D eigenvalue weighted by Crippen LogP contribution is 2.42. The molecule has 2 aromatic carbocycles. The van der Waals surface area contributed by atoms with Crippen LogP contribution in [0.5, 0.6) is 6.01 Å². The summed E-state index contributed by atoms with van der Waals surface area (Å²) in [5.74, 6) is 1.83. The molecule has 4 aliphatic heterocycles. The number of aromatic nitrogens is 3. The smallest absolute Gasteiger partial charge is 0.411 e. The number of ether oxygens (including phenoxy) is 3. The maximum atomic E-state index is 17.1. The standard InChI is InChI=1S/C38H40F2N6O3.C3H5F3O.C2H6/c1-5-25-27(39)13-11-23-9-6-10-26(29(23)25)32-31(40)33-30-28(41-32)14-12-24-21-44(36(47)49-37(2,3)4)19-20-46(24)34(30)43-35(42-33)48-22-38-15-7-17-45(38)18-8-16-38;1-7-2-3(4,5)6;1-2/h1,6,9-11,13,24H,7-8,12,14-22H2,2-4H3;2H2,1H3;1-2H3. The number of carbonyl (C=O) groups is 1. The average molecular weight is 811 g/mol. The number of pyridine rings is 1. The fourth-order valence-electron chi connectivity index (χ4n) is 8.53. The Kier molecular flexibility index (Phi) is 12.7. The number of hydrogen-bond donors (Lipinski definition) is 0. The molecule has 15 heteroatoms. The zero-order valence-corrected chi connectivity index (χ0v) is 33.9. The van der Waals surface area contributed by atoms with Crippen molar-refractivity contribution in [1.82, 2.24) is 24.8 Å². The summed E-state index contributed by atoms with van der Waals surface area (Å²) in [5, 5.41) is 1.64. The Balaban J connectivity index is 0.000000572. The molecule has 6 heterocycles. The highest BCUT2D eigenvalue weighted by molar-refractivity contribution is 6.02. The third-order valence-electron chi connectivity index (χ3n) is 10.9. The third-order valence-corrected chi connectivity index (χ3v) is 10.9. The van der Waals surface area contributed by atoms with E-state index in [-0.39, 0.29) is 40.5 Å². The second-order valence-corrected chi connectivity index (χ2v) is 15.8. The molecule has 3 fully saturated rings. The predicted molar refractivity (Wildman–Crippen MR) is 213 cm³/mol. The number of amides is 1. The molecule has 2 aromatic heterocycles. The molecule has 1 unspecified atom stereocenters. The molecule has 0 spiro atoms. The molecule has 0 N–H and O–H groups in total. The van der Waals surface area contributed by atoms with Gasteiger partial charge in [-0.1, -0.05) is 44.0 Å². The minimum Gasteiger partial charge on any atom is -0.461 e. The minimum atomic E-state index is -4.17. The van der Waals surface area contributed by atoms with Gasteiger partial charge in [0.15, 0.2) is 5.82 Å². The van der Waals surface area contributed by atoms with Crippen molar-refractivity contribution in [2.24, 2.45) is 0 Å². The van der Waals surface area contributed by atoms with Crippen LogP contribution in [0.1, 0.15) is 78.0 Å². The summed E-state index contributed by atoms with van der Waals surface area (Å²) >= 11 is 0. The van der Waals surface area contributed by atoms with Crippen molar-refractivity contribution in [3.05, 3.63) is 53.2 Å². The monoisotopic (exact) mass is 810 g/mol. The SMILES string of the molecule is C#Cc1c(F)ccc2cccc(-c3nc4c5c(nc(OCC67CCCN6CCC7)nc5c3F)N3CCN(C(=O)OC(C)(C)C)CC3CC4)c12.CC.COCC(F)(F)F. The van der Waals surface area contributed by atoms with E-state index in [9.17, 15) is 22.4 Å². The number of alkyl halides is 3. The highest BCUT2D eigenvalue weighted by atomic mass is 19.4. The van der Waals surface area contributed by atoms with Crippen LogP contribution < -0.4 is 9.64 Å². The molecule has 4 aliphatic rings. The average Bonchev–Trinajstić information content (AvgIpc) is 3.73. The molecule has 3 saturated heterocycles. The lowest BCUT2D eigenvalue weighted by Gasteiger charge is -2.41. The van der Waals surface area contributed by atoms with Crippen molar-refractivity contribution < 1.29 is 41.0 Å². The maximum Gasteiger partial charge on any atom is 0.411 e. The molecular formula is C43H51F5N6O4. The quantitative estimate of drug-likeness (QED) is 0.145. The summed E-state index contributed by atoms with van der Waals surface area (Å²) < 4.78 is 80.8. The molecule has 0 radical (unpaired) electrons. The van der Waals surface area contributed by atoms with E-state index in [1.807, 2.05) is 40.7 Å². The normalized spacial score (nSPS) is 18.6. The van der Waals surface area contributed by atoms with E-state index in [1.54, 1.807) is 23.1 Å². The van der Waals surface area contributed by atoms with Crippen LogP contribution in [0.25, 0.3) is 32.9 Å². The van der Waals surface area contributed by atoms with Crippen LogP contribution in [0.3, 0.4) is 0 Å². The summed E-state index contributed by atoms with van der Waals surface area (Å²) in [6, 6.07) is 8.29. The van der Waals surface area contributed by atoms with Crippen LogP contribution in [-0.2, 0) is 15.9 Å².